The third-order valence-electron chi connectivity index (χ3n) is 4.46. The van der Waals surface area contributed by atoms with Gasteiger partial charge < -0.3 is 11.1 Å². The first-order chi connectivity index (χ1) is 12.6. The van der Waals surface area contributed by atoms with Crippen LogP contribution in [0.5, 0.6) is 0 Å². The molecule has 0 atom stereocenters. The smallest absolute Gasteiger partial charge is 0.143 e. The van der Waals surface area contributed by atoms with E-state index in [2.05, 4.69) is 21.6 Å². The summed E-state index contributed by atoms with van der Waals surface area (Å²) in [5, 5.41) is 10.6. The Kier molecular flexibility index (Phi) is 6.06. The second kappa shape index (κ2) is 8.47. The summed E-state index contributed by atoms with van der Waals surface area (Å²) in [5.41, 5.74) is 7.76. The number of aromatic amines is 1. The number of aromatic nitrogens is 2. The van der Waals surface area contributed by atoms with E-state index in [9.17, 15) is 4.39 Å². The van der Waals surface area contributed by atoms with Gasteiger partial charge in [0, 0.05) is 16.3 Å². The molecule has 0 unspecified atom stereocenters. The van der Waals surface area contributed by atoms with Gasteiger partial charge in [0.15, 0.2) is 0 Å². The lowest BCUT2D eigenvalue weighted by molar-refractivity contribution is 0.319. The molecule has 0 aliphatic heterocycles. The molecule has 1 aliphatic carbocycles. The summed E-state index contributed by atoms with van der Waals surface area (Å²) < 4.78 is 14.6. The van der Waals surface area contributed by atoms with Gasteiger partial charge in [-0.15, -0.1) is 0 Å². The van der Waals surface area contributed by atoms with Crippen LogP contribution in [0.4, 0.5) is 10.1 Å². The second-order valence-corrected chi connectivity index (χ2v) is 7.14. The monoisotopic (exact) mass is 390 g/mol. The maximum absolute atomic E-state index is 14.1. The molecule has 1 aliphatic rings. The third-order valence-corrected chi connectivity index (χ3v) is 5.00. The van der Waals surface area contributed by atoms with Crippen LogP contribution in [0, 0.1) is 16.4 Å². The van der Waals surface area contributed by atoms with Gasteiger partial charge in [0.1, 0.15) is 10.5 Å². The first-order valence-corrected chi connectivity index (χ1v) is 9.26. The highest BCUT2D eigenvalue weighted by Crippen LogP contribution is 2.30. The molecule has 0 amide bonds. The predicted octanol–water partition coefficient (Wildman–Crippen LogP) is 5.56. The summed E-state index contributed by atoms with van der Waals surface area (Å²) in [6.45, 7) is 0. The van der Waals surface area contributed by atoms with Crippen LogP contribution in [0.2, 0.25) is 5.02 Å². The molecule has 1 aromatic heterocycles. The highest BCUT2D eigenvalue weighted by Gasteiger charge is 2.16. The summed E-state index contributed by atoms with van der Waals surface area (Å²) in [5.74, 6) is 0.335. The maximum atomic E-state index is 14.1. The molecule has 0 radical (unpaired) electrons. The second-order valence-electron chi connectivity index (χ2n) is 6.30. The van der Waals surface area contributed by atoms with Crippen molar-refractivity contribution >= 4 is 29.5 Å². The van der Waals surface area contributed by atoms with E-state index in [1.54, 1.807) is 12.1 Å². The maximum Gasteiger partial charge on any atom is 0.143 e. The van der Waals surface area contributed by atoms with Gasteiger partial charge in [0.05, 0.1) is 11.4 Å². The molecule has 1 fully saturated rings. The number of nitrogens with two attached hydrogens (primary N) is 1. The summed E-state index contributed by atoms with van der Waals surface area (Å²) >= 11 is 11.3. The van der Waals surface area contributed by atoms with Crippen LogP contribution in [-0.2, 0) is 0 Å². The first kappa shape index (κ1) is 18.6. The number of anilines is 1. The number of H-pyrrole nitrogens is 1. The van der Waals surface area contributed by atoms with Crippen LogP contribution in [0.25, 0.3) is 11.3 Å². The van der Waals surface area contributed by atoms with Crippen molar-refractivity contribution in [1.82, 2.24) is 10.2 Å². The fourth-order valence-electron chi connectivity index (χ4n) is 2.77. The summed E-state index contributed by atoms with van der Waals surface area (Å²) in [7, 11) is 0. The van der Waals surface area contributed by atoms with Gasteiger partial charge in [-0.05, 0) is 48.9 Å². The molecule has 1 saturated carbocycles. The van der Waals surface area contributed by atoms with Crippen molar-refractivity contribution in [2.75, 3.05) is 5.32 Å². The summed E-state index contributed by atoms with van der Waals surface area (Å²) in [6, 6.07) is 6.05. The molecule has 0 spiro atoms. The molecule has 136 valence electrons. The Morgan fingerprint density at radius 2 is 2.23 bits per heavy atom. The fourth-order valence-corrected chi connectivity index (χ4v) is 3.10. The normalized spacial score (nSPS) is 15.2. The van der Waals surface area contributed by atoms with Gasteiger partial charge in [-0.1, -0.05) is 49.2 Å². The molecular formula is C19H20ClFN4S. The lowest BCUT2D eigenvalue weighted by Gasteiger charge is -2.24. The highest BCUT2D eigenvalue weighted by atomic mass is 35.5. The van der Waals surface area contributed by atoms with E-state index in [-0.39, 0.29) is 0 Å². The Morgan fingerprint density at radius 1 is 1.42 bits per heavy atom. The standard InChI is InChI=1S/C19H20ClFN4S/c20-13-5-7-16(21)15(10-13)17-11-18(19(26)25-24-17)23-14(8-9-22)6-4-12-2-1-3-12/h5-12H,1-4,22H2,(H,23,24)(H,25,26)/b9-8-,14-6+. The van der Waals surface area contributed by atoms with Crippen LogP contribution in [0.1, 0.15) is 25.7 Å². The van der Waals surface area contributed by atoms with Crippen LogP contribution >= 0.6 is 23.8 Å². The zero-order valence-electron chi connectivity index (χ0n) is 14.1. The minimum Gasteiger partial charge on any atom is -0.405 e. The van der Waals surface area contributed by atoms with E-state index >= 15 is 0 Å². The minimum absolute atomic E-state index is 0.307. The number of hydrogen-bond donors (Lipinski definition) is 3. The molecule has 4 N–H and O–H groups in total. The van der Waals surface area contributed by atoms with Crippen molar-refractivity contribution < 1.29 is 4.39 Å². The Balaban J connectivity index is 1.88. The number of benzene rings is 1. The van der Waals surface area contributed by atoms with Crippen molar-refractivity contribution in [3.63, 3.8) is 0 Å². The molecule has 0 bridgehead atoms. The van der Waals surface area contributed by atoms with Crippen molar-refractivity contribution in [2.24, 2.45) is 11.7 Å². The lowest BCUT2D eigenvalue weighted by Crippen LogP contribution is -2.10. The van der Waals surface area contributed by atoms with Gasteiger partial charge >= 0.3 is 0 Å². The summed E-state index contributed by atoms with van der Waals surface area (Å²) in [6.07, 6.45) is 10.2. The van der Waals surface area contributed by atoms with E-state index in [0.717, 1.165) is 18.0 Å². The number of rotatable bonds is 6. The number of halogens is 2. The summed E-state index contributed by atoms with van der Waals surface area (Å²) in [4.78, 5) is 0. The molecule has 1 aromatic carbocycles. The molecule has 1 heterocycles. The number of nitrogens with zero attached hydrogens (tertiary/aromatic N) is 1. The number of nitrogens with one attached hydrogen (secondary N) is 2. The largest absolute Gasteiger partial charge is 0.405 e. The average Bonchev–Trinajstić information content (AvgIpc) is 2.58. The quantitative estimate of drug-likeness (QED) is 0.446. The van der Waals surface area contributed by atoms with Gasteiger partial charge in [-0.3, -0.25) is 5.10 Å². The van der Waals surface area contributed by atoms with Crippen molar-refractivity contribution in [3.8, 4) is 11.3 Å². The zero-order valence-corrected chi connectivity index (χ0v) is 15.7. The van der Waals surface area contributed by atoms with E-state index in [1.165, 1.54) is 43.7 Å². The Morgan fingerprint density at radius 3 is 2.92 bits per heavy atom. The molecule has 2 aromatic rings. The predicted molar refractivity (Wildman–Crippen MR) is 107 cm³/mol. The van der Waals surface area contributed by atoms with Gasteiger partial charge in [-0.25, -0.2) is 4.39 Å². The van der Waals surface area contributed by atoms with Crippen LogP contribution in [-0.4, -0.2) is 10.2 Å². The molecule has 4 nitrogen and oxygen atoms in total. The van der Waals surface area contributed by atoms with E-state index in [1.807, 2.05) is 0 Å². The molecule has 3 rings (SSSR count). The molecule has 0 saturated heterocycles. The topological polar surface area (TPSA) is 66.7 Å². The lowest BCUT2D eigenvalue weighted by atomic mass is 9.83. The SMILES string of the molecule is N/C=C\C(=C/CC1CCC1)Nc1cc(-c2cc(Cl)ccc2F)n[nH]c1=S. The Labute approximate surface area is 162 Å². The van der Waals surface area contributed by atoms with Crippen LogP contribution < -0.4 is 11.1 Å². The zero-order chi connectivity index (χ0) is 18.5. The first-order valence-electron chi connectivity index (χ1n) is 8.47. The van der Waals surface area contributed by atoms with Crippen molar-refractivity contribution in [2.45, 2.75) is 25.7 Å². The number of allylic oxidation sites excluding steroid dienone is 2. The third kappa shape index (κ3) is 4.51. The molecular weight excluding hydrogens is 371 g/mol. The Bertz CT molecular complexity index is 903. The fraction of sp³-hybridized carbons (Fsp3) is 0.263. The van der Waals surface area contributed by atoms with Crippen molar-refractivity contribution in [3.05, 3.63) is 63.8 Å². The Hall–Kier alpha value is -2.18. The van der Waals surface area contributed by atoms with Gasteiger partial charge in [-0.2, -0.15) is 5.10 Å². The van der Waals surface area contributed by atoms with Crippen molar-refractivity contribution in [1.29, 1.82) is 0 Å². The van der Waals surface area contributed by atoms with E-state index < -0.39 is 5.82 Å². The highest BCUT2D eigenvalue weighted by molar-refractivity contribution is 7.71. The molecule has 7 heteroatoms. The van der Waals surface area contributed by atoms with E-state index in [4.69, 9.17) is 29.6 Å². The van der Waals surface area contributed by atoms with Gasteiger partial charge in [0.2, 0.25) is 0 Å². The van der Waals surface area contributed by atoms with Crippen LogP contribution in [0.3, 0.4) is 0 Å². The minimum atomic E-state index is -0.402. The average molecular weight is 391 g/mol. The number of hydrogen-bond acceptors (Lipinski definition) is 4. The van der Waals surface area contributed by atoms with E-state index in [0.29, 0.717) is 26.6 Å². The van der Waals surface area contributed by atoms with Gasteiger partial charge in [0.25, 0.3) is 0 Å². The van der Waals surface area contributed by atoms with Crippen LogP contribution in [0.15, 0.2) is 48.3 Å². The molecule has 26 heavy (non-hydrogen) atoms.